The Morgan fingerprint density at radius 3 is 3.08 bits per heavy atom. The van der Waals surface area contributed by atoms with Crippen molar-refractivity contribution in [1.29, 1.82) is 0 Å². The van der Waals surface area contributed by atoms with Crippen LogP contribution in [0.15, 0.2) is 24.3 Å². The summed E-state index contributed by atoms with van der Waals surface area (Å²) in [5, 5.41) is 6.18. The van der Waals surface area contributed by atoms with Crippen molar-refractivity contribution in [3.8, 4) is 0 Å². The SMILES string of the molecule is COC(=O)NCCCC/C=C\CC[C@@]12C=CC(=O)C[C@@H]1CCNC2. The van der Waals surface area contributed by atoms with Crippen LogP contribution in [0.1, 0.15) is 44.9 Å². The third-order valence-corrected chi connectivity index (χ3v) is 5.18. The molecule has 0 saturated carbocycles. The number of rotatable bonds is 8. The number of carbonyl (C=O) groups is 2. The summed E-state index contributed by atoms with van der Waals surface area (Å²) in [6.45, 7) is 2.69. The summed E-state index contributed by atoms with van der Waals surface area (Å²) in [4.78, 5) is 22.6. The van der Waals surface area contributed by atoms with Gasteiger partial charge in [0.25, 0.3) is 0 Å². The number of piperidine rings is 1. The molecule has 2 aliphatic rings. The molecule has 5 nitrogen and oxygen atoms in total. The molecule has 24 heavy (non-hydrogen) atoms. The first-order valence-corrected chi connectivity index (χ1v) is 9.06. The zero-order valence-corrected chi connectivity index (χ0v) is 14.7. The number of hydrogen-bond donors (Lipinski definition) is 2. The first-order valence-electron chi connectivity index (χ1n) is 9.06. The van der Waals surface area contributed by atoms with E-state index in [4.69, 9.17) is 0 Å². The fourth-order valence-electron chi connectivity index (χ4n) is 3.71. The molecule has 1 aliphatic heterocycles. The molecule has 0 aromatic carbocycles. The number of allylic oxidation sites excluding steroid dienone is 3. The third kappa shape index (κ3) is 5.48. The molecule has 0 aromatic heterocycles. The molecular formula is C19H30N2O3. The second-order valence-corrected chi connectivity index (χ2v) is 6.82. The number of alkyl carbamates (subject to hydrolysis) is 1. The molecule has 2 rings (SSSR count). The number of ketones is 1. The second kappa shape index (κ2) is 9.62. The Labute approximate surface area is 144 Å². The molecule has 0 spiro atoms. The van der Waals surface area contributed by atoms with Crippen LogP contribution >= 0.6 is 0 Å². The van der Waals surface area contributed by atoms with Crippen LogP contribution in [0.5, 0.6) is 0 Å². The summed E-state index contributed by atoms with van der Waals surface area (Å²) in [6.07, 6.45) is 15.1. The largest absolute Gasteiger partial charge is 0.453 e. The monoisotopic (exact) mass is 334 g/mol. The van der Waals surface area contributed by atoms with Crippen molar-refractivity contribution in [3.05, 3.63) is 24.3 Å². The highest BCUT2D eigenvalue weighted by Crippen LogP contribution is 2.43. The minimum absolute atomic E-state index is 0.168. The maximum absolute atomic E-state index is 11.7. The molecule has 0 aromatic rings. The number of hydrogen-bond acceptors (Lipinski definition) is 4. The summed E-state index contributed by atoms with van der Waals surface area (Å²) in [5.41, 5.74) is 0.168. The number of ether oxygens (including phenoxy) is 1. The molecule has 134 valence electrons. The van der Waals surface area contributed by atoms with Gasteiger partial charge in [-0.05, 0) is 57.1 Å². The summed E-state index contributed by atoms with van der Waals surface area (Å²) in [5.74, 6) is 0.794. The van der Waals surface area contributed by atoms with E-state index in [0.29, 0.717) is 12.5 Å². The molecule has 1 fully saturated rings. The highest BCUT2D eigenvalue weighted by atomic mass is 16.5. The van der Waals surface area contributed by atoms with Gasteiger partial charge in [-0.2, -0.15) is 0 Å². The summed E-state index contributed by atoms with van der Waals surface area (Å²) in [6, 6.07) is 0. The fourth-order valence-corrected chi connectivity index (χ4v) is 3.71. The zero-order chi connectivity index (χ0) is 17.3. The summed E-state index contributed by atoms with van der Waals surface area (Å²) < 4.78 is 4.52. The van der Waals surface area contributed by atoms with Gasteiger partial charge >= 0.3 is 6.09 Å². The van der Waals surface area contributed by atoms with Crippen molar-refractivity contribution in [1.82, 2.24) is 10.6 Å². The van der Waals surface area contributed by atoms with Crippen LogP contribution in [0.2, 0.25) is 0 Å². The second-order valence-electron chi connectivity index (χ2n) is 6.82. The summed E-state index contributed by atoms with van der Waals surface area (Å²) in [7, 11) is 1.38. The molecule has 0 bridgehead atoms. The van der Waals surface area contributed by atoms with Gasteiger partial charge in [0, 0.05) is 24.9 Å². The van der Waals surface area contributed by atoms with E-state index in [0.717, 1.165) is 58.0 Å². The number of unbranched alkanes of at least 4 members (excludes halogenated alkanes) is 2. The van der Waals surface area contributed by atoms with Gasteiger partial charge in [-0.1, -0.05) is 18.2 Å². The van der Waals surface area contributed by atoms with Crippen molar-refractivity contribution in [2.45, 2.75) is 44.9 Å². The van der Waals surface area contributed by atoms with Gasteiger partial charge in [-0.15, -0.1) is 0 Å². The fraction of sp³-hybridized carbons (Fsp3) is 0.684. The number of fused-ring (bicyclic) bond motifs is 1. The smallest absolute Gasteiger partial charge is 0.406 e. The zero-order valence-electron chi connectivity index (χ0n) is 14.7. The summed E-state index contributed by atoms with van der Waals surface area (Å²) >= 11 is 0. The van der Waals surface area contributed by atoms with Gasteiger partial charge in [-0.25, -0.2) is 4.79 Å². The van der Waals surface area contributed by atoms with Gasteiger partial charge in [-0.3, -0.25) is 4.79 Å². The quantitative estimate of drug-likeness (QED) is 0.529. The molecule has 1 heterocycles. The van der Waals surface area contributed by atoms with E-state index in [2.05, 4.69) is 33.6 Å². The Balaban J connectivity index is 1.64. The number of methoxy groups -OCH3 is 1. The predicted octanol–water partition coefficient (Wildman–Crippen LogP) is 2.97. The van der Waals surface area contributed by atoms with Crippen molar-refractivity contribution >= 4 is 11.9 Å². The first kappa shape index (κ1) is 18.7. The van der Waals surface area contributed by atoms with Gasteiger partial charge in [0.15, 0.2) is 5.78 Å². The first-order chi connectivity index (χ1) is 11.7. The van der Waals surface area contributed by atoms with Crippen LogP contribution in [-0.4, -0.2) is 38.6 Å². The Morgan fingerprint density at radius 2 is 2.25 bits per heavy atom. The molecule has 1 amide bonds. The topological polar surface area (TPSA) is 67.4 Å². The van der Waals surface area contributed by atoms with Crippen molar-refractivity contribution in [2.24, 2.45) is 11.3 Å². The van der Waals surface area contributed by atoms with E-state index < -0.39 is 0 Å². The lowest BCUT2D eigenvalue weighted by Crippen LogP contribution is -2.47. The van der Waals surface area contributed by atoms with Gasteiger partial charge < -0.3 is 15.4 Å². The van der Waals surface area contributed by atoms with Crippen molar-refractivity contribution in [2.75, 3.05) is 26.7 Å². The van der Waals surface area contributed by atoms with Crippen LogP contribution in [0, 0.1) is 11.3 Å². The van der Waals surface area contributed by atoms with Crippen LogP contribution in [0.25, 0.3) is 0 Å². The molecule has 1 saturated heterocycles. The van der Waals surface area contributed by atoms with E-state index in [9.17, 15) is 9.59 Å². The van der Waals surface area contributed by atoms with Gasteiger partial charge in [0.1, 0.15) is 0 Å². The van der Waals surface area contributed by atoms with Crippen molar-refractivity contribution < 1.29 is 14.3 Å². The molecule has 0 radical (unpaired) electrons. The Hall–Kier alpha value is -1.62. The van der Waals surface area contributed by atoms with Gasteiger partial charge in [0.05, 0.1) is 7.11 Å². The van der Waals surface area contributed by atoms with Crippen LogP contribution in [0.4, 0.5) is 4.79 Å². The van der Waals surface area contributed by atoms with Crippen LogP contribution in [-0.2, 0) is 9.53 Å². The molecule has 2 atom stereocenters. The average molecular weight is 334 g/mol. The predicted molar refractivity (Wildman–Crippen MR) is 94.8 cm³/mol. The highest BCUT2D eigenvalue weighted by molar-refractivity contribution is 5.91. The van der Waals surface area contributed by atoms with E-state index in [1.807, 2.05) is 0 Å². The molecule has 0 unspecified atom stereocenters. The molecular weight excluding hydrogens is 304 g/mol. The maximum Gasteiger partial charge on any atom is 0.406 e. The lowest BCUT2D eigenvalue weighted by molar-refractivity contribution is -0.117. The van der Waals surface area contributed by atoms with E-state index >= 15 is 0 Å². The Bertz CT molecular complexity index is 487. The van der Waals surface area contributed by atoms with Gasteiger partial charge in [0.2, 0.25) is 0 Å². The minimum atomic E-state index is -0.362. The minimum Gasteiger partial charge on any atom is -0.453 e. The molecule has 5 heteroatoms. The van der Waals surface area contributed by atoms with E-state index in [1.54, 1.807) is 6.08 Å². The normalized spacial score (nSPS) is 26.4. The number of nitrogens with one attached hydrogen (secondary N) is 2. The van der Waals surface area contributed by atoms with Crippen molar-refractivity contribution in [3.63, 3.8) is 0 Å². The molecule has 1 aliphatic carbocycles. The number of carbonyl (C=O) groups excluding carboxylic acids is 2. The Morgan fingerprint density at radius 1 is 1.42 bits per heavy atom. The third-order valence-electron chi connectivity index (χ3n) is 5.18. The standard InChI is InChI=1S/C19H30N2O3/c1-24-18(23)21-12-7-5-3-2-4-6-10-19-11-8-17(22)14-16(19)9-13-20-15-19/h2,4,8,11,16,20H,3,5-7,9-10,12-15H2,1H3,(H,21,23)/b4-2-/t16-,19-/m0/s1. The average Bonchev–Trinajstić information content (AvgIpc) is 2.60. The lowest BCUT2D eigenvalue weighted by Gasteiger charge is -2.44. The lowest BCUT2D eigenvalue weighted by atomic mass is 9.64. The van der Waals surface area contributed by atoms with Crippen LogP contribution in [0.3, 0.4) is 0 Å². The Kier molecular flexibility index (Phi) is 7.50. The van der Waals surface area contributed by atoms with Crippen LogP contribution < -0.4 is 10.6 Å². The van der Waals surface area contributed by atoms with E-state index in [1.165, 1.54) is 7.11 Å². The molecule has 2 N–H and O–H groups in total. The van der Waals surface area contributed by atoms with E-state index in [-0.39, 0.29) is 17.3 Å². The number of amides is 1. The maximum atomic E-state index is 11.7. The highest BCUT2D eigenvalue weighted by Gasteiger charge is 2.40.